The average molecular weight is 332 g/mol. The highest BCUT2D eigenvalue weighted by atomic mass is 16.5. The molecule has 1 atom stereocenters. The van der Waals surface area contributed by atoms with Crippen LogP contribution >= 0.6 is 0 Å². The van der Waals surface area contributed by atoms with Crippen molar-refractivity contribution in [3.63, 3.8) is 0 Å². The number of nitrogens with zero attached hydrogens (tertiary/aromatic N) is 1. The Bertz CT molecular complexity index is 615. The molecule has 2 rings (SSSR count). The average Bonchev–Trinajstić information content (AvgIpc) is 2.98. The van der Waals surface area contributed by atoms with E-state index >= 15 is 0 Å². The van der Waals surface area contributed by atoms with Crippen LogP contribution in [0.4, 0.5) is 0 Å². The number of methoxy groups -OCH3 is 2. The number of rotatable bonds is 8. The van der Waals surface area contributed by atoms with Crippen LogP contribution in [0.2, 0.25) is 0 Å². The van der Waals surface area contributed by atoms with Gasteiger partial charge in [0.05, 0.1) is 20.1 Å². The molecule has 1 aliphatic rings. The Morgan fingerprint density at radius 2 is 2.12 bits per heavy atom. The van der Waals surface area contributed by atoms with Gasteiger partial charge in [-0.25, -0.2) is 0 Å². The Morgan fingerprint density at radius 1 is 1.38 bits per heavy atom. The van der Waals surface area contributed by atoms with Gasteiger partial charge >= 0.3 is 0 Å². The van der Waals surface area contributed by atoms with E-state index in [-0.39, 0.29) is 24.2 Å². The minimum atomic E-state index is -0.275. The number of nitrogens with one attached hydrogen (secondary N) is 1. The van der Waals surface area contributed by atoms with Crippen LogP contribution in [-0.4, -0.2) is 50.6 Å². The topological polar surface area (TPSA) is 67.9 Å². The van der Waals surface area contributed by atoms with Crippen molar-refractivity contribution < 1.29 is 19.1 Å². The summed E-state index contributed by atoms with van der Waals surface area (Å²) >= 11 is 0. The van der Waals surface area contributed by atoms with Crippen molar-refractivity contribution in [1.29, 1.82) is 0 Å². The molecule has 0 bridgehead atoms. The highest BCUT2D eigenvalue weighted by Gasteiger charge is 2.33. The van der Waals surface area contributed by atoms with Gasteiger partial charge in [0.15, 0.2) is 11.5 Å². The molecule has 1 fully saturated rings. The Kier molecular flexibility index (Phi) is 6.23. The lowest BCUT2D eigenvalue weighted by atomic mass is 10.1. The van der Waals surface area contributed by atoms with E-state index < -0.39 is 0 Å². The molecule has 0 spiro atoms. The molecule has 0 radical (unpaired) electrons. The minimum Gasteiger partial charge on any atom is -0.493 e. The zero-order valence-electron chi connectivity index (χ0n) is 14.2. The van der Waals surface area contributed by atoms with Crippen molar-refractivity contribution in [2.75, 3.05) is 33.9 Å². The molecule has 6 heteroatoms. The van der Waals surface area contributed by atoms with Crippen LogP contribution in [0.15, 0.2) is 30.9 Å². The first-order valence-electron chi connectivity index (χ1n) is 7.96. The number of likely N-dealkylation sites (tertiary alicyclic amines) is 1. The number of amides is 2. The van der Waals surface area contributed by atoms with E-state index in [1.165, 1.54) is 0 Å². The van der Waals surface area contributed by atoms with Crippen LogP contribution in [-0.2, 0) is 16.0 Å². The molecule has 1 heterocycles. The molecule has 0 saturated carbocycles. The third-order valence-electron chi connectivity index (χ3n) is 4.12. The fourth-order valence-corrected chi connectivity index (χ4v) is 2.78. The van der Waals surface area contributed by atoms with E-state index in [1.54, 1.807) is 25.2 Å². The molecule has 1 aliphatic heterocycles. The largest absolute Gasteiger partial charge is 0.493 e. The van der Waals surface area contributed by atoms with Gasteiger partial charge in [-0.05, 0) is 24.1 Å². The zero-order valence-corrected chi connectivity index (χ0v) is 14.2. The van der Waals surface area contributed by atoms with Crippen LogP contribution in [0.5, 0.6) is 11.5 Å². The lowest BCUT2D eigenvalue weighted by molar-refractivity contribution is -0.128. The first-order valence-corrected chi connectivity index (χ1v) is 7.96. The second-order valence-electron chi connectivity index (χ2n) is 5.71. The summed E-state index contributed by atoms with van der Waals surface area (Å²) < 4.78 is 10.5. The maximum absolute atomic E-state index is 12.1. The third-order valence-corrected chi connectivity index (χ3v) is 4.12. The molecule has 1 aromatic rings. The fraction of sp³-hybridized carbons (Fsp3) is 0.444. The van der Waals surface area contributed by atoms with Gasteiger partial charge in [0.2, 0.25) is 11.8 Å². The second-order valence-corrected chi connectivity index (χ2v) is 5.71. The van der Waals surface area contributed by atoms with E-state index in [0.29, 0.717) is 37.6 Å². The van der Waals surface area contributed by atoms with Crippen molar-refractivity contribution in [2.24, 2.45) is 5.92 Å². The number of benzene rings is 1. The minimum absolute atomic E-state index is 0.0224. The molecule has 0 aromatic heterocycles. The predicted molar refractivity (Wildman–Crippen MR) is 91.1 cm³/mol. The second kappa shape index (κ2) is 8.38. The summed E-state index contributed by atoms with van der Waals surface area (Å²) in [7, 11) is 3.19. The molecule has 130 valence electrons. The summed E-state index contributed by atoms with van der Waals surface area (Å²) in [6.45, 7) is 5.04. The van der Waals surface area contributed by atoms with Crippen molar-refractivity contribution in [3.05, 3.63) is 36.4 Å². The van der Waals surface area contributed by atoms with Gasteiger partial charge in [0.25, 0.3) is 0 Å². The summed E-state index contributed by atoms with van der Waals surface area (Å²) in [6, 6.07) is 5.72. The molecular formula is C18H24N2O4. The lowest BCUT2D eigenvalue weighted by Gasteiger charge is -2.17. The first-order chi connectivity index (χ1) is 11.6. The number of hydrogen-bond acceptors (Lipinski definition) is 4. The quantitative estimate of drug-likeness (QED) is 0.731. The SMILES string of the molecule is C=CCNC(=O)[C@@H]1CC(=O)N(CCc2ccc(OC)c(OC)c2)C1. The van der Waals surface area contributed by atoms with Crippen molar-refractivity contribution in [3.8, 4) is 11.5 Å². The monoisotopic (exact) mass is 332 g/mol. The summed E-state index contributed by atoms with van der Waals surface area (Å²) in [5, 5.41) is 2.75. The number of ether oxygens (including phenoxy) is 2. The van der Waals surface area contributed by atoms with Gasteiger partial charge in [0.1, 0.15) is 0 Å². The molecule has 1 aromatic carbocycles. The van der Waals surface area contributed by atoms with Crippen LogP contribution in [0.1, 0.15) is 12.0 Å². The van der Waals surface area contributed by atoms with Gasteiger partial charge in [-0.3, -0.25) is 9.59 Å². The van der Waals surface area contributed by atoms with Crippen molar-refractivity contribution >= 4 is 11.8 Å². The van der Waals surface area contributed by atoms with E-state index in [0.717, 1.165) is 5.56 Å². The molecular weight excluding hydrogens is 308 g/mol. The maximum atomic E-state index is 12.1. The smallest absolute Gasteiger partial charge is 0.225 e. The van der Waals surface area contributed by atoms with Crippen LogP contribution in [0.25, 0.3) is 0 Å². The lowest BCUT2D eigenvalue weighted by Crippen LogP contribution is -2.33. The van der Waals surface area contributed by atoms with E-state index in [1.807, 2.05) is 18.2 Å². The van der Waals surface area contributed by atoms with Crippen molar-refractivity contribution in [2.45, 2.75) is 12.8 Å². The van der Waals surface area contributed by atoms with Gasteiger partial charge < -0.3 is 19.7 Å². The maximum Gasteiger partial charge on any atom is 0.225 e. The first kappa shape index (κ1) is 17.8. The van der Waals surface area contributed by atoms with E-state index in [2.05, 4.69) is 11.9 Å². The standard InChI is InChI=1S/C18H24N2O4/c1-4-8-19-18(22)14-11-17(21)20(12-14)9-7-13-5-6-15(23-2)16(10-13)24-3/h4-6,10,14H,1,7-9,11-12H2,2-3H3,(H,19,22)/t14-/m1/s1. The van der Waals surface area contributed by atoms with Gasteiger partial charge in [0, 0.05) is 26.1 Å². The Hall–Kier alpha value is -2.50. The molecule has 1 saturated heterocycles. The molecule has 6 nitrogen and oxygen atoms in total. The van der Waals surface area contributed by atoms with Crippen LogP contribution in [0, 0.1) is 5.92 Å². The summed E-state index contributed by atoms with van der Waals surface area (Å²) in [4.78, 5) is 25.8. The highest BCUT2D eigenvalue weighted by Crippen LogP contribution is 2.28. The third kappa shape index (κ3) is 4.28. The molecule has 24 heavy (non-hydrogen) atoms. The molecule has 0 unspecified atom stereocenters. The normalized spacial score (nSPS) is 16.8. The number of carbonyl (C=O) groups is 2. The number of hydrogen-bond donors (Lipinski definition) is 1. The molecule has 2 amide bonds. The van der Waals surface area contributed by atoms with Gasteiger partial charge in [-0.2, -0.15) is 0 Å². The zero-order chi connectivity index (χ0) is 17.5. The Balaban J connectivity index is 1.91. The predicted octanol–water partition coefficient (Wildman–Crippen LogP) is 1.40. The molecule has 1 N–H and O–H groups in total. The van der Waals surface area contributed by atoms with Gasteiger partial charge in [-0.15, -0.1) is 6.58 Å². The highest BCUT2D eigenvalue weighted by molar-refractivity contribution is 5.89. The Labute approximate surface area is 142 Å². The Morgan fingerprint density at radius 3 is 2.79 bits per heavy atom. The van der Waals surface area contributed by atoms with E-state index in [9.17, 15) is 9.59 Å². The summed E-state index contributed by atoms with van der Waals surface area (Å²) in [6.07, 6.45) is 2.60. The summed E-state index contributed by atoms with van der Waals surface area (Å²) in [5.41, 5.74) is 1.06. The van der Waals surface area contributed by atoms with Crippen LogP contribution in [0.3, 0.4) is 0 Å². The van der Waals surface area contributed by atoms with Crippen molar-refractivity contribution in [1.82, 2.24) is 10.2 Å². The summed E-state index contributed by atoms with van der Waals surface area (Å²) in [5.74, 6) is 1.01. The van der Waals surface area contributed by atoms with E-state index in [4.69, 9.17) is 9.47 Å². The number of carbonyl (C=O) groups excluding carboxylic acids is 2. The molecule has 0 aliphatic carbocycles. The van der Waals surface area contributed by atoms with Gasteiger partial charge in [-0.1, -0.05) is 12.1 Å². The fourth-order valence-electron chi connectivity index (χ4n) is 2.78. The van der Waals surface area contributed by atoms with Crippen LogP contribution < -0.4 is 14.8 Å².